The van der Waals surface area contributed by atoms with Crippen molar-refractivity contribution in [3.05, 3.63) is 0 Å². The van der Waals surface area contributed by atoms with Crippen LogP contribution < -0.4 is 11.1 Å². The summed E-state index contributed by atoms with van der Waals surface area (Å²) in [5, 5.41) is 11.7. The molecule has 1 heterocycles. The van der Waals surface area contributed by atoms with Gasteiger partial charge in [0.15, 0.2) is 0 Å². The molecule has 6 nitrogen and oxygen atoms in total. The van der Waals surface area contributed by atoms with E-state index in [9.17, 15) is 9.59 Å². The third-order valence-electron chi connectivity index (χ3n) is 4.50. The van der Waals surface area contributed by atoms with Crippen LogP contribution >= 0.6 is 0 Å². The Morgan fingerprint density at radius 2 is 2.00 bits per heavy atom. The van der Waals surface area contributed by atoms with Crippen LogP contribution in [0.15, 0.2) is 0 Å². The highest BCUT2D eigenvalue weighted by atomic mass is 16.4. The molecule has 2 rings (SSSR count). The van der Waals surface area contributed by atoms with Crippen molar-refractivity contribution in [3.8, 4) is 0 Å². The number of nitrogens with two attached hydrogens (primary N) is 1. The van der Waals surface area contributed by atoms with Gasteiger partial charge in [0, 0.05) is 17.9 Å². The maximum Gasteiger partial charge on any atom is 0.305 e. The van der Waals surface area contributed by atoms with Crippen LogP contribution in [0, 0.1) is 0 Å². The van der Waals surface area contributed by atoms with Crippen molar-refractivity contribution in [1.29, 1.82) is 0 Å². The van der Waals surface area contributed by atoms with Gasteiger partial charge in [-0.3, -0.25) is 9.59 Å². The number of carboxylic acids is 1. The van der Waals surface area contributed by atoms with E-state index in [0.717, 1.165) is 32.1 Å². The number of carbonyl (C=O) groups is 2. The third-order valence-corrected chi connectivity index (χ3v) is 4.50. The molecule has 0 aromatic rings. The lowest BCUT2D eigenvalue weighted by molar-refractivity contribution is -0.139. The molecular weight excluding hydrogens is 271 g/mol. The summed E-state index contributed by atoms with van der Waals surface area (Å²) >= 11 is 0. The first-order valence-corrected chi connectivity index (χ1v) is 7.88. The summed E-state index contributed by atoms with van der Waals surface area (Å²) < 4.78 is 5.49. The Bertz CT molecular complexity index is 377. The van der Waals surface area contributed by atoms with E-state index in [1.54, 1.807) is 0 Å². The van der Waals surface area contributed by atoms with Gasteiger partial charge in [-0.2, -0.15) is 0 Å². The molecule has 0 spiro atoms. The molecule has 0 aromatic heterocycles. The monoisotopic (exact) mass is 296 g/mol. The van der Waals surface area contributed by atoms with E-state index in [0.29, 0.717) is 20.3 Å². The highest BCUT2D eigenvalue weighted by molar-refractivity contribution is 6.30. The quantitative estimate of drug-likeness (QED) is 0.641. The largest absolute Gasteiger partial charge is 0.481 e. The lowest BCUT2D eigenvalue weighted by Crippen LogP contribution is -2.50. The van der Waals surface area contributed by atoms with Crippen molar-refractivity contribution in [3.63, 3.8) is 0 Å². The molecule has 1 saturated heterocycles. The molecule has 0 radical (unpaired) electrons. The van der Waals surface area contributed by atoms with Crippen molar-refractivity contribution in [2.45, 2.75) is 75.4 Å². The topological polar surface area (TPSA) is 102 Å². The number of amides is 1. The Morgan fingerprint density at radius 3 is 2.57 bits per heavy atom. The summed E-state index contributed by atoms with van der Waals surface area (Å²) in [6, 6.07) is 0. The zero-order chi connectivity index (χ0) is 15.3. The van der Waals surface area contributed by atoms with Crippen LogP contribution in [0.4, 0.5) is 0 Å². The molecule has 0 aromatic carbocycles. The van der Waals surface area contributed by atoms with Crippen molar-refractivity contribution < 1.29 is 19.3 Å². The molecule has 7 heteroatoms. The molecular formula is C14H25BN2O4. The molecule has 118 valence electrons. The normalized spacial score (nSPS) is 28.4. The predicted molar refractivity (Wildman–Crippen MR) is 80.1 cm³/mol. The highest BCUT2D eigenvalue weighted by Gasteiger charge is 2.32. The SMILES string of the molecule is NC1(CC(=O)N[C@@H]2BO[C@H](CC(=O)O)CC2)CCCCC1. The van der Waals surface area contributed by atoms with Crippen LogP contribution in [0.5, 0.6) is 0 Å². The number of hydrogen-bond donors (Lipinski definition) is 3. The fraction of sp³-hybridized carbons (Fsp3) is 0.857. The van der Waals surface area contributed by atoms with Gasteiger partial charge in [0.25, 0.3) is 7.48 Å². The molecule has 1 amide bonds. The number of hydrogen-bond acceptors (Lipinski definition) is 4. The third kappa shape index (κ3) is 5.32. The zero-order valence-corrected chi connectivity index (χ0v) is 12.5. The Hall–Kier alpha value is -1.08. The fourth-order valence-electron chi connectivity index (χ4n) is 3.31. The average molecular weight is 296 g/mol. The first kappa shape index (κ1) is 16.3. The minimum absolute atomic E-state index is 0.00955. The van der Waals surface area contributed by atoms with E-state index in [1.807, 2.05) is 0 Å². The average Bonchev–Trinajstić information content (AvgIpc) is 2.40. The molecule has 1 aliphatic heterocycles. The molecule has 4 N–H and O–H groups in total. The summed E-state index contributed by atoms with van der Waals surface area (Å²) in [6.07, 6.45) is 6.88. The standard InChI is InChI=1S/C14H25BN2O4/c16-14(6-2-1-3-7-14)9-12(18)17-11-5-4-10(21-15-11)8-13(19)20/h10-11,15H,1-9,16H2,(H,17,18)(H,19,20)/t10-,11-/m0/s1. The number of carbonyl (C=O) groups excluding carboxylic acids is 1. The van der Waals surface area contributed by atoms with Crippen molar-refractivity contribution >= 4 is 19.4 Å². The number of aliphatic carboxylic acids is 1. The van der Waals surface area contributed by atoms with E-state index in [2.05, 4.69) is 5.32 Å². The Balaban J connectivity index is 1.70. The van der Waals surface area contributed by atoms with Crippen LogP contribution in [-0.2, 0) is 14.2 Å². The van der Waals surface area contributed by atoms with E-state index in [-0.39, 0.29) is 29.9 Å². The van der Waals surface area contributed by atoms with Crippen molar-refractivity contribution in [2.75, 3.05) is 0 Å². The van der Waals surface area contributed by atoms with Gasteiger partial charge in [0.05, 0.1) is 12.5 Å². The highest BCUT2D eigenvalue weighted by Crippen LogP contribution is 2.28. The predicted octanol–water partition coefficient (Wildman–Crippen LogP) is 0.486. The van der Waals surface area contributed by atoms with Gasteiger partial charge in [0.1, 0.15) is 0 Å². The summed E-state index contributed by atoms with van der Waals surface area (Å²) in [6.45, 7) is 0. The first-order valence-electron chi connectivity index (χ1n) is 7.88. The lowest BCUT2D eigenvalue weighted by atomic mass is 9.77. The summed E-state index contributed by atoms with van der Waals surface area (Å²) in [5.41, 5.74) is 5.94. The van der Waals surface area contributed by atoms with E-state index >= 15 is 0 Å². The Kier molecular flexibility index (Phi) is 5.64. The minimum atomic E-state index is -0.843. The van der Waals surface area contributed by atoms with Crippen LogP contribution in [0.2, 0.25) is 0 Å². The smallest absolute Gasteiger partial charge is 0.305 e. The summed E-state index contributed by atoms with van der Waals surface area (Å²) in [5.74, 6) is -0.871. The van der Waals surface area contributed by atoms with Gasteiger partial charge in [-0.05, 0) is 25.7 Å². The molecule has 1 saturated carbocycles. The van der Waals surface area contributed by atoms with E-state index in [4.69, 9.17) is 15.5 Å². The first-order chi connectivity index (χ1) is 9.97. The second-order valence-corrected chi connectivity index (χ2v) is 6.49. The fourth-order valence-corrected chi connectivity index (χ4v) is 3.31. The van der Waals surface area contributed by atoms with Crippen LogP contribution in [0.1, 0.15) is 57.8 Å². The van der Waals surface area contributed by atoms with Gasteiger partial charge in [0.2, 0.25) is 5.91 Å². The summed E-state index contributed by atoms with van der Waals surface area (Å²) in [4.78, 5) is 22.7. The maximum absolute atomic E-state index is 12.1. The van der Waals surface area contributed by atoms with Gasteiger partial charge < -0.3 is 20.8 Å². The van der Waals surface area contributed by atoms with Crippen molar-refractivity contribution in [1.82, 2.24) is 5.32 Å². The number of carboxylic acid groups (broad SMARTS) is 1. The van der Waals surface area contributed by atoms with Crippen LogP contribution in [0.3, 0.4) is 0 Å². The summed E-state index contributed by atoms with van der Waals surface area (Å²) in [7, 11) is 0.390. The van der Waals surface area contributed by atoms with Gasteiger partial charge in [-0.25, -0.2) is 0 Å². The molecule has 1 aliphatic carbocycles. The zero-order valence-electron chi connectivity index (χ0n) is 12.5. The van der Waals surface area contributed by atoms with Gasteiger partial charge >= 0.3 is 5.97 Å². The Morgan fingerprint density at radius 1 is 1.29 bits per heavy atom. The second kappa shape index (κ2) is 7.27. The van der Waals surface area contributed by atoms with Crippen molar-refractivity contribution in [2.24, 2.45) is 5.73 Å². The second-order valence-electron chi connectivity index (χ2n) is 6.49. The number of nitrogens with one attached hydrogen (secondary N) is 1. The molecule has 0 bridgehead atoms. The maximum atomic E-state index is 12.1. The number of rotatable bonds is 5. The molecule has 2 fully saturated rings. The van der Waals surface area contributed by atoms with E-state index in [1.165, 1.54) is 6.42 Å². The van der Waals surface area contributed by atoms with Crippen LogP contribution in [0.25, 0.3) is 0 Å². The minimum Gasteiger partial charge on any atom is -0.481 e. The van der Waals surface area contributed by atoms with E-state index < -0.39 is 5.97 Å². The van der Waals surface area contributed by atoms with Crippen LogP contribution in [-0.4, -0.2) is 42.0 Å². The van der Waals surface area contributed by atoms with Gasteiger partial charge in [-0.1, -0.05) is 19.3 Å². The van der Waals surface area contributed by atoms with Gasteiger partial charge in [-0.15, -0.1) is 0 Å². The molecule has 2 atom stereocenters. The Labute approximate surface area is 126 Å². The molecule has 21 heavy (non-hydrogen) atoms. The lowest BCUT2D eigenvalue weighted by Gasteiger charge is -2.34. The molecule has 2 aliphatic rings. The molecule has 0 unspecified atom stereocenters.